The van der Waals surface area contributed by atoms with Crippen LogP contribution in [-0.4, -0.2) is 17.0 Å². The van der Waals surface area contributed by atoms with Crippen LogP contribution in [-0.2, 0) is 0 Å². The molecule has 0 spiro atoms. The van der Waals surface area contributed by atoms with Gasteiger partial charge in [-0.05, 0) is 11.7 Å². The van der Waals surface area contributed by atoms with E-state index >= 15 is 0 Å². The van der Waals surface area contributed by atoms with E-state index in [1.807, 2.05) is 11.8 Å². The molecule has 20 heavy (non-hydrogen) atoms. The highest BCUT2D eigenvalue weighted by molar-refractivity contribution is 7.99. The molecule has 0 aromatic heterocycles. The molecule has 0 saturated heterocycles. The molecule has 1 atom stereocenters. The van der Waals surface area contributed by atoms with Crippen molar-refractivity contribution in [3.05, 3.63) is 0 Å². The first-order chi connectivity index (χ1) is 9.70. The monoisotopic (exact) mass is 302 g/mol. The Morgan fingerprint density at radius 3 is 1.80 bits per heavy atom. The van der Waals surface area contributed by atoms with Crippen LogP contribution < -0.4 is 11.3 Å². The minimum atomic E-state index is 0.497. The molecule has 0 aromatic carbocycles. The number of hydrogen-bond acceptors (Lipinski definition) is 3. The van der Waals surface area contributed by atoms with E-state index in [0.29, 0.717) is 11.3 Å². The van der Waals surface area contributed by atoms with Gasteiger partial charge in [0.15, 0.2) is 0 Å². The van der Waals surface area contributed by atoms with Crippen LogP contribution in [0.25, 0.3) is 0 Å². The standard InChI is InChI=1S/C17H38N2S/c1-4-5-6-7-8-9-10-11-12-13-14-17(19-18)15-20-16(2)3/h16-17,19H,4-15,18H2,1-3H3. The number of hydrazine groups is 1. The minimum absolute atomic E-state index is 0.497. The van der Waals surface area contributed by atoms with Crippen LogP contribution in [0.15, 0.2) is 0 Å². The lowest BCUT2D eigenvalue weighted by Crippen LogP contribution is -2.37. The van der Waals surface area contributed by atoms with Crippen molar-refractivity contribution in [3.8, 4) is 0 Å². The average molecular weight is 303 g/mol. The van der Waals surface area contributed by atoms with Crippen LogP contribution in [0.1, 0.15) is 91.4 Å². The first-order valence-electron chi connectivity index (χ1n) is 8.78. The summed E-state index contributed by atoms with van der Waals surface area (Å²) in [4.78, 5) is 0. The van der Waals surface area contributed by atoms with Gasteiger partial charge in [0.2, 0.25) is 0 Å². The highest BCUT2D eigenvalue weighted by atomic mass is 32.2. The van der Waals surface area contributed by atoms with E-state index in [1.54, 1.807) is 0 Å². The number of hydrogen-bond donors (Lipinski definition) is 2. The maximum absolute atomic E-state index is 5.62. The Labute approximate surface area is 132 Å². The number of rotatable bonds is 15. The number of unbranched alkanes of at least 4 members (excludes halogenated alkanes) is 9. The van der Waals surface area contributed by atoms with Gasteiger partial charge in [-0.1, -0.05) is 85.0 Å². The molecule has 3 heteroatoms. The van der Waals surface area contributed by atoms with Gasteiger partial charge in [0.05, 0.1) is 0 Å². The lowest BCUT2D eigenvalue weighted by Gasteiger charge is -2.16. The smallest absolute Gasteiger partial charge is 0.0301 e. The second-order valence-corrected chi connectivity index (χ2v) is 7.83. The van der Waals surface area contributed by atoms with Gasteiger partial charge in [0, 0.05) is 11.8 Å². The summed E-state index contributed by atoms with van der Waals surface area (Å²) in [6.45, 7) is 6.78. The molecule has 0 aliphatic heterocycles. The Kier molecular flexibility index (Phi) is 15.9. The van der Waals surface area contributed by atoms with E-state index in [9.17, 15) is 0 Å². The van der Waals surface area contributed by atoms with Crippen molar-refractivity contribution in [2.45, 2.75) is 103 Å². The molecule has 2 nitrogen and oxygen atoms in total. The molecule has 0 bridgehead atoms. The van der Waals surface area contributed by atoms with Crippen molar-refractivity contribution in [3.63, 3.8) is 0 Å². The van der Waals surface area contributed by atoms with Gasteiger partial charge in [0.1, 0.15) is 0 Å². The zero-order valence-electron chi connectivity index (χ0n) is 14.1. The highest BCUT2D eigenvalue weighted by Crippen LogP contribution is 2.15. The second kappa shape index (κ2) is 15.7. The summed E-state index contributed by atoms with van der Waals surface area (Å²) >= 11 is 2.00. The molecule has 0 amide bonds. The fourth-order valence-electron chi connectivity index (χ4n) is 2.40. The lowest BCUT2D eigenvalue weighted by molar-refractivity contribution is 0.489. The Morgan fingerprint density at radius 1 is 0.850 bits per heavy atom. The van der Waals surface area contributed by atoms with Gasteiger partial charge in [-0.2, -0.15) is 11.8 Å². The van der Waals surface area contributed by atoms with Crippen LogP contribution in [0.3, 0.4) is 0 Å². The molecule has 0 fully saturated rings. The molecule has 0 rings (SSSR count). The zero-order chi connectivity index (χ0) is 15.1. The van der Waals surface area contributed by atoms with Crippen LogP contribution in [0.2, 0.25) is 0 Å². The Morgan fingerprint density at radius 2 is 1.35 bits per heavy atom. The molecule has 1 unspecified atom stereocenters. The van der Waals surface area contributed by atoms with Crippen LogP contribution >= 0.6 is 11.8 Å². The number of nitrogens with two attached hydrogens (primary N) is 1. The first-order valence-corrected chi connectivity index (χ1v) is 9.83. The predicted octanol–water partition coefficient (Wildman–Crippen LogP) is 5.27. The lowest BCUT2D eigenvalue weighted by atomic mass is 10.0. The third kappa shape index (κ3) is 14.7. The van der Waals surface area contributed by atoms with E-state index in [2.05, 4.69) is 26.2 Å². The molecule has 0 radical (unpaired) electrons. The van der Waals surface area contributed by atoms with Crippen molar-refractivity contribution in [2.75, 3.05) is 5.75 Å². The van der Waals surface area contributed by atoms with Gasteiger partial charge >= 0.3 is 0 Å². The molecule has 122 valence electrons. The Balaban J connectivity index is 3.24. The van der Waals surface area contributed by atoms with E-state index in [-0.39, 0.29) is 0 Å². The first kappa shape index (κ1) is 20.3. The minimum Gasteiger partial charge on any atom is -0.271 e. The molecule has 0 aliphatic rings. The second-order valence-electron chi connectivity index (χ2n) is 6.22. The SMILES string of the molecule is CCCCCCCCCCCCC(CSC(C)C)NN. The average Bonchev–Trinajstić information content (AvgIpc) is 2.44. The fourth-order valence-corrected chi connectivity index (χ4v) is 3.28. The van der Waals surface area contributed by atoms with Crippen molar-refractivity contribution < 1.29 is 0 Å². The van der Waals surface area contributed by atoms with E-state index in [4.69, 9.17) is 5.84 Å². The largest absolute Gasteiger partial charge is 0.271 e. The zero-order valence-corrected chi connectivity index (χ0v) is 14.9. The van der Waals surface area contributed by atoms with E-state index in [1.165, 1.54) is 70.6 Å². The fraction of sp³-hybridized carbons (Fsp3) is 1.00. The quantitative estimate of drug-likeness (QED) is 0.246. The molecule has 0 heterocycles. The third-order valence-corrected chi connectivity index (χ3v) is 5.03. The molecular weight excluding hydrogens is 264 g/mol. The van der Waals surface area contributed by atoms with Crippen molar-refractivity contribution in [1.82, 2.24) is 5.43 Å². The third-order valence-electron chi connectivity index (χ3n) is 3.77. The summed E-state index contributed by atoms with van der Waals surface area (Å²) in [7, 11) is 0. The van der Waals surface area contributed by atoms with Gasteiger partial charge in [-0.25, -0.2) is 0 Å². The normalized spacial score (nSPS) is 13.1. The number of thioether (sulfide) groups is 1. The Hall–Kier alpha value is 0.270. The van der Waals surface area contributed by atoms with Crippen molar-refractivity contribution >= 4 is 11.8 Å². The molecule has 3 N–H and O–H groups in total. The molecular formula is C17H38N2S. The van der Waals surface area contributed by atoms with Gasteiger partial charge < -0.3 is 0 Å². The van der Waals surface area contributed by atoms with Gasteiger partial charge in [-0.3, -0.25) is 11.3 Å². The Bertz CT molecular complexity index is 186. The van der Waals surface area contributed by atoms with Crippen LogP contribution in [0.5, 0.6) is 0 Å². The highest BCUT2D eigenvalue weighted by Gasteiger charge is 2.07. The summed E-state index contributed by atoms with van der Waals surface area (Å²) < 4.78 is 0. The van der Waals surface area contributed by atoms with Crippen molar-refractivity contribution in [2.24, 2.45) is 5.84 Å². The molecule has 0 aromatic rings. The van der Waals surface area contributed by atoms with Crippen LogP contribution in [0.4, 0.5) is 0 Å². The van der Waals surface area contributed by atoms with Gasteiger partial charge in [0.25, 0.3) is 0 Å². The summed E-state index contributed by atoms with van der Waals surface area (Å²) in [6.07, 6.45) is 15.3. The van der Waals surface area contributed by atoms with E-state index in [0.717, 1.165) is 5.75 Å². The van der Waals surface area contributed by atoms with Crippen LogP contribution in [0, 0.1) is 0 Å². The summed E-state index contributed by atoms with van der Waals surface area (Å²) in [5.74, 6) is 6.76. The predicted molar refractivity (Wildman–Crippen MR) is 95.2 cm³/mol. The van der Waals surface area contributed by atoms with Crippen molar-refractivity contribution in [1.29, 1.82) is 0 Å². The summed E-state index contributed by atoms with van der Waals surface area (Å²) in [5.41, 5.74) is 2.97. The maximum Gasteiger partial charge on any atom is 0.0301 e. The summed E-state index contributed by atoms with van der Waals surface area (Å²) in [5, 5.41) is 0.707. The number of nitrogens with one attached hydrogen (secondary N) is 1. The molecule has 0 aliphatic carbocycles. The summed E-state index contributed by atoms with van der Waals surface area (Å²) in [6, 6.07) is 0.497. The van der Waals surface area contributed by atoms with Gasteiger partial charge in [-0.15, -0.1) is 0 Å². The maximum atomic E-state index is 5.62. The van der Waals surface area contributed by atoms with E-state index < -0.39 is 0 Å². The topological polar surface area (TPSA) is 38.0 Å². The molecule has 0 saturated carbocycles.